The van der Waals surface area contributed by atoms with Gasteiger partial charge in [0.2, 0.25) is 5.96 Å². The van der Waals surface area contributed by atoms with Gasteiger partial charge in [0.1, 0.15) is 5.66 Å². The maximum Gasteiger partial charge on any atom is 0.417 e. The summed E-state index contributed by atoms with van der Waals surface area (Å²) in [5.74, 6) is 0.957. The first-order valence-electron chi connectivity index (χ1n) is 12.0. The molecule has 1 aromatic heterocycles. The van der Waals surface area contributed by atoms with Crippen molar-refractivity contribution in [2.75, 3.05) is 11.9 Å². The van der Waals surface area contributed by atoms with Gasteiger partial charge in [0, 0.05) is 31.5 Å². The van der Waals surface area contributed by atoms with E-state index in [0.29, 0.717) is 17.1 Å². The van der Waals surface area contributed by atoms with Crippen molar-refractivity contribution in [3.8, 4) is 0 Å². The van der Waals surface area contributed by atoms with Gasteiger partial charge in [-0.1, -0.05) is 25.0 Å². The first kappa shape index (κ1) is 21.2. The number of aliphatic imine (C=N–C) groups is 1. The molecule has 1 saturated carbocycles. The van der Waals surface area contributed by atoms with Crippen LogP contribution in [-0.2, 0) is 18.8 Å². The number of benzene rings is 2. The summed E-state index contributed by atoms with van der Waals surface area (Å²) in [6, 6.07) is 12.0. The maximum atomic E-state index is 11.6. The number of aromatic nitrogens is 1. The number of hydrogen-bond acceptors (Lipinski definition) is 7. The zero-order valence-electron chi connectivity index (χ0n) is 19.4. The molecule has 1 atom stereocenters. The highest BCUT2D eigenvalue weighted by molar-refractivity contribution is 5.95. The highest BCUT2D eigenvalue weighted by atomic mass is 16.4. The molecule has 176 valence electrons. The van der Waals surface area contributed by atoms with Crippen LogP contribution < -0.4 is 22.1 Å². The molecule has 0 bridgehead atoms. The normalized spacial score (nSPS) is 23.0. The number of H-pyrrole nitrogens is 1. The first-order chi connectivity index (χ1) is 16.5. The minimum absolute atomic E-state index is 0.482. The van der Waals surface area contributed by atoms with Gasteiger partial charge in [0.25, 0.3) is 0 Å². The zero-order valence-corrected chi connectivity index (χ0v) is 19.4. The van der Waals surface area contributed by atoms with E-state index in [1.54, 1.807) is 12.3 Å². The van der Waals surface area contributed by atoms with Gasteiger partial charge in [0.15, 0.2) is 5.58 Å². The van der Waals surface area contributed by atoms with Crippen LogP contribution in [0.2, 0.25) is 0 Å². The lowest BCUT2D eigenvalue weighted by molar-refractivity contribution is 0.237. The fourth-order valence-corrected chi connectivity index (χ4v) is 5.51. The monoisotopic (exact) mass is 458 g/mol. The Bertz CT molecular complexity index is 1360. The van der Waals surface area contributed by atoms with E-state index < -0.39 is 11.4 Å². The number of rotatable bonds is 4. The average Bonchev–Trinajstić information content (AvgIpc) is 3.54. The van der Waals surface area contributed by atoms with E-state index in [0.717, 1.165) is 35.8 Å². The second-order valence-corrected chi connectivity index (χ2v) is 9.88. The van der Waals surface area contributed by atoms with E-state index in [-0.39, 0.29) is 0 Å². The van der Waals surface area contributed by atoms with Crippen LogP contribution in [0.15, 0.2) is 62.4 Å². The lowest BCUT2D eigenvalue weighted by atomic mass is 9.92. The Balaban J connectivity index is 1.18. The number of nitrogens with one attached hydrogen (secondary N) is 3. The van der Waals surface area contributed by atoms with Crippen LogP contribution in [0.4, 0.5) is 5.69 Å². The molecule has 5 N–H and O–H groups in total. The third-order valence-electron chi connectivity index (χ3n) is 7.45. The van der Waals surface area contributed by atoms with Gasteiger partial charge < -0.3 is 20.8 Å². The quantitative estimate of drug-likeness (QED) is 0.474. The maximum absolute atomic E-state index is 11.6. The largest absolute Gasteiger partial charge is 0.417 e. The van der Waals surface area contributed by atoms with Gasteiger partial charge in [-0.25, -0.2) is 9.79 Å². The minimum atomic E-state index is -0.971. The Labute approximate surface area is 197 Å². The van der Waals surface area contributed by atoms with Gasteiger partial charge in [0.05, 0.1) is 5.52 Å². The smallest absolute Gasteiger partial charge is 0.408 e. The second-order valence-electron chi connectivity index (χ2n) is 9.88. The third-order valence-corrected chi connectivity index (χ3v) is 7.45. The Morgan fingerprint density at radius 3 is 2.85 bits per heavy atom. The van der Waals surface area contributed by atoms with Crippen LogP contribution in [0.25, 0.3) is 11.1 Å². The molecule has 2 aromatic carbocycles. The number of hydrogen-bond donors (Lipinski definition) is 4. The predicted molar refractivity (Wildman–Crippen MR) is 133 cm³/mol. The minimum Gasteiger partial charge on any atom is -0.408 e. The number of aromatic amines is 1. The summed E-state index contributed by atoms with van der Waals surface area (Å²) in [5, 5.41) is 6.76. The molecule has 1 fully saturated rings. The summed E-state index contributed by atoms with van der Waals surface area (Å²) in [7, 11) is 0. The molecular formula is C26H30N6O2. The van der Waals surface area contributed by atoms with Crippen LogP contribution >= 0.6 is 0 Å². The number of oxazole rings is 1. The molecule has 0 amide bonds. The highest BCUT2D eigenvalue weighted by Gasteiger charge is 2.33. The standard InChI is InChI=1S/C26H30N6O2/c1-16-12-28-24(31-26(16,27)20-7-9-23-22(11-20)30-25(33)34-23)29-21-8-6-18-14-32(15-19(18)10-21)13-17-4-2-3-5-17/h6-12,17H,2-5,13-15,27H2,1H3,(H,30,33)(H2,28,29,31). The second kappa shape index (κ2) is 8.14. The fourth-order valence-electron chi connectivity index (χ4n) is 5.51. The van der Waals surface area contributed by atoms with Crippen LogP contribution in [0.3, 0.4) is 0 Å². The SMILES string of the molecule is CC1=CN=C(Nc2ccc3c(c2)CN(CC2CCCC2)C3)NC1(N)c1ccc2oc(=O)[nH]c2c1. The fraction of sp³-hybridized carbons (Fsp3) is 0.385. The van der Waals surface area contributed by atoms with Crippen molar-refractivity contribution in [3.63, 3.8) is 0 Å². The van der Waals surface area contributed by atoms with Crippen molar-refractivity contribution >= 4 is 22.7 Å². The molecule has 0 saturated heterocycles. The molecule has 3 heterocycles. The number of fused-ring (bicyclic) bond motifs is 2. The Kier molecular flexibility index (Phi) is 5.08. The number of guanidine groups is 1. The van der Waals surface area contributed by atoms with Crippen LogP contribution in [0.1, 0.15) is 49.3 Å². The van der Waals surface area contributed by atoms with E-state index >= 15 is 0 Å². The van der Waals surface area contributed by atoms with Crippen molar-refractivity contribution < 1.29 is 4.42 Å². The van der Waals surface area contributed by atoms with Crippen LogP contribution in [0, 0.1) is 5.92 Å². The molecular weight excluding hydrogens is 428 g/mol. The summed E-state index contributed by atoms with van der Waals surface area (Å²) in [6.07, 6.45) is 7.31. The van der Waals surface area contributed by atoms with Crippen LogP contribution in [0.5, 0.6) is 0 Å². The number of anilines is 1. The molecule has 0 radical (unpaired) electrons. The molecule has 6 rings (SSSR count). The van der Waals surface area contributed by atoms with Gasteiger partial charge in [-0.15, -0.1) is 0 Å². The average molecular weight is 459 g/mol. The summed E-state index contributed by atoms with van der Waals surface area (Å²) in [4.78, 5) is 21.4. The summed E-state index contributed by atoms with van der Waals surface area (Å²) in [6.45, 7) is 5.18. The Morgan fingerprint density at radius 2 is 2.00 bits per heavy atom. The summed E-state index contributed by atoms with van der Waals surface area (Å²) < 4.78 is 5.12. The van der Waals surface area contributed by atoms with Gasteiger partial charge in [-0.2, -0.15) is 0 Å². The number of nitrogens with zero attached hydrogens (tertiary/aromatic N) is 2. The molecule has 3 aliphatic rings. The van der Waals surface area contributed by atoms with Gasteiger partial charge >= 0.3 is 5.76 Å². The van der Waals surface area contributed by atoms with E-state index in [9.17, 15) is 4.79 Å². The lowest BCUT2D eigenvalue weighted by Gasteiger charge is -2.35. The Hall–Kier alpha value is -3.36. The molecule has 3 aromatic rings. The molecule has 2 aliphatic heterocycles. The van der Waals surface area contributed by atoms with Gasteiger partial charge in [-0.3, -0.25) is 9.88 Å². The third kappa shape index (κ3) is 3.82. The first-order valence-corrected chi connectivity index (χ1v) is 12.0. The topological polar surface area (TPSA) is 112 Å². The van der Waals surface area contributed by atoms with Crippen molar-refractivity contribution in [2.24, 2.45) is 16.6 Å². The molecule has 1 aliphatic carbocycles. The van der Waals surface area contributed by atoms with Crippen molar-refractivity contribution in [1.82, 2.24) is 15.2 Å². The lowest BCUT2D eigenvalue weighted by Crippen LogP contribution is -2.57. The van der Waals surface area contributed by atoms with E-state index in [2.05, 4.69) is 43.7 Å². The molecule has 1 unspecified atom stereocenters. The van der Waals surface area contributed by atoms with E-state index in [1.807, 2.05) is 19.1 Å². The van der Waals surface area contributed by atoms with Crippen molar-refractivity contribution in [1.29, 1.82) is 0 Å². The summed E-state index contributed by atoms with van der Waals surface area (Å²) >= 11 is 0. The van der Waals surface area contributed by atoms with Crippen molar-refractivity contribution in [3.05, 3.63) is 75.4 Å². The van der Waals surface area contributed by atoms with Crippen LogP contribution in [-0.4, -0.2) is 22.4 Å². The highest BCUT2D eigenvalue weighted by Crippen LogP contribution is 2.32. The predicted octanol–water partition coefficient (Wildman–Crippen LogP) is 3.71. The molecule has 34 heavy (non-hydrogen) atoms. The molecule has 8 heteroatoms. The zero-order chi connectivity index (χ0) is 23.3. The summed E-state index contributed by atoms with van der Waals surface area (Å²) in [5.41, 5.74) is 12.4. The van der Waals surface area contributed by atoms with Crippen molar-refractivity contribution in [2.45, 2.75) is 51.4 Å². The number of nitrogens with two attached hydrogens (primary N) is 1. The molecule has 8 nitrogen and oxygen atoms in total. The molecule has 0 spiro atoms. The van der Waals surface area contributed by atoms with Gasteiger partial charge in [-0.05, 0) is 72.2 Å². The Morgan fingerprint density at radius 1 is 1.18 bits per heavy atom. The van der Waals surface area contributed by atoms with E-state index in [4.69, 9.17) is 10.2 Å². The van der Waals surface area contributed by atoms with E-state index in [1.165, 1.54) is 43.4 Å².